The number of rotatable bonds is 12. The maximum Gasteiger partial charge on any atom is 0.326 e. The lowest BCUT2D eigenvalue weighted by Gasteiger charge is -2.18. The van der Waals surface area contributed by atoms with Gasteiger partial charge in [-0.25, -0.2) is 9.78 Å². The van der Waals surface area contributed by atoms with Crippen LogP contribution in [-0.4, -0.2) is 39.1 Å². The number of para-hydroxylation sites is 1. The largest absolute Gasteiger partial charge is 0.493 e. The van der Waals surface area contributed by atoms with Crippen LogP contribution >= 0.6 is 0 Å². The Morgan fingerprint density at radius 2 is 1.54 bits per heavy atom. The molecule has 0 aliphatic heterocycles. The zero-order chi connectivity index (χ0) is 28.6. The van der Waals surface area contributed by atoms with E-state index in [9.17, 15) is 14.7 Å². The average molecular weight is 546 g/mol. The molecule has 41 heavy (non-hydrogen) atoms. The Bertz CT molecular complexity index is 1610. The Hall–Kier alpha value is -5.17. The SMILES string of the molecule is Cn1cc(-c2ccccc2)nc1CCOc1ccc(CC(Nc2ccccc2C(=O)c2ccccc2)C(=O)O)cc1. The predicted octanol–water partition coefficient (Wildman–Crippen LogP) is 6.05. The van der Waals surface area contributed by atoms with Gasteiger partial charge < -0.3 is 19.7 Å². The summed E-state index contributed by atoms with van der Waals surface area (Å²) in [6.45, 7) is 0.462. The maximum absolute atomic E-state index is 13.1. The smallest absolute Gasteiger partial charge is 0.326 e. The van der Waals surface area contributed by atoms with Crippen LogP contribution in [-0.2, 0) is 24.7 Å². The number of ether oxygens (including phenoxy) is 1. The third kappa shape index (κ3) is 6.89. The number of ketones is 1. The molecule has 0 aliphatic carbocycles. The fraction of sp³-hybridized carbons (Fsp3) is 0.147. The highest BCUT2D eigenvalue weighted by Gasteiger charge is 2.21. The van der Waals surface area contributed by atoms with Crippen molar-refractivity contribution in [1.82, 2.24) is 9.55 Å². The Morgan fingerprint density at radius 1 is 0.878 bits per heavy atom. The minimum absolute atomic E-state index is 0.166. The van der Waals surface area contributed by atoms with Crippen molar-refractivity contribution in [3.8, 4) is 17.0 Å². The first-order valence-electron chi connectivity index (χ1n) is 13.5. The number of aryl methyl sites for hydroxylation is 1. The van der Waals surface area contributed by atoms with E-state index < -0.39 is 12.0 Å². The van der Waals surface area contributed by atoms with Gasteiger partial charge in [-0.15, -0.1) is 0 Å². The van der Waals surface area contributed by atoms with Gasteiger partial charge >= 0.3 is 5.97 Å². The number of hydrogen-bond donors (Lipinski definition) is 2. The fourth-order valence-corrected chi connectivity index (χ4v) is 4.64. The quantitative estimate of drug-likeness (QED) is 0.186. The van der Waals surface area contributed by atoms with E-state index in [4.69, 9.17) is 9.72 Å². The second kappa shape index (κ2) is 12.8. The normalized spacial score (nSPS) is 11.5. The molecule has 0 bridgehead atoms. The maximum atomic E-state index is 13.1. The third-order valence-electron chi connectivity index (χ3n) is 6.84. The molecule has 4 aromatic carbocycles. The molecule has 0 aliphatic rings. The van der Waals surface area contributed by atoms with Gasteiger partial charge in [0, 0.05) is 48.5 Å². The highest BCUT2D eigenvalue weighted by molar-refractivity contribution is 6.12. The second-order valence-electron chi connectivity index (χ2n) is 9.74. The van der Waals surface area contributed by atoms with Crippen molar-refractivity contribution in [3.63, 3.8) is 0 Å². The highest BCUT2D eigenvalue weighted by atomic mass is 16.5. The molecule has 0 radical (unpaired) electrons. The first-order valence-corrected chi connectivity index (χ1v) is 13.5. The van der Waals surface area contributed by atoms with Crippen molar-refractivity contribution >= 4 is 17.4 Å². The number of benzene rings is 4. The van der Waals surface area contributed by atoms with Crippen LogP contribution in [0.2, 0.25) is 0 Å². The van der Waals surface area contributed by atoms with Crippen molar-refractivity contribution in [2.45, 2.75) is 18.9 Å². The number of aliphatic carboxylic acids is 1. The van der Waals surface area contributed by atoms with E-state index in [1.165, 1.54) is 0 Å². The summed E-state index contributed by atoms with van der Waals surface area (Å²) in [5, 5.41) is 13.0. The molecule has 0 fully saturated rings. The van der Waals surface area contributed by atoms with Crippen LogP contribution in [0.5, 0.6) is 5.75 Å². The van der Waals surface area contributed by atoms with Gasteiger partial charge in [0.15, 0.2) is 5.78 Å². The Morgan fingerprint density at radius 3 is 2.24 bits per heavy atom. The predicted molar refractivity (Wildman–Crippen MR) is 159 cm³/mol. The minimum Gasteiger partial charge on any atom is -0.493 e. The summed E-state index contributed by atoms with van der Waals surface area (Å²) in [6.07, 6.45) is 2.90. The van der Waals surface area contributed by atoms with Gasteiger partial charge in [-0.2, -0.15) is 0 Å². The highest BCUT2D eigenvalue weighted by Crippen LogP contribution is 2.22. The summed E-state index contributed by atoms with van der Waals surface area (Å²) in [5.41, 5.74) is 4.30. The van der Waals surface area contributed by atoms with E-state index in [0.717, 1.165) is 22.6 Å². The monoisotopic (exact) mass is 545 g/mol. The average Bonchev–Trinajstić information content (AvgIpc) is 3.38. The molecule has 7 nitrogen and oxygen atoms in total. The summed E-state index contributed by atoms with van der Waals surface area (Å²) < 4.78 is 7.96. The van der Waals surface area contributed by atoms with Crippen molar-refractivity contribution in [2.75, 3.05) is 11.9 Å². The molecule has 1 aromatic heterocycles. The van der Waals surface area contributed by atoms with Crippen LogP contribution in [0.1, 0.15) is 27.3 Å². The molecule has 5 rings (SSSR count). The zero-order valence-electron chi connectivity index (χ0n) is 22.7. The first-order chi connectivity index (χ1) is 20.0. The van der Waals surface area contributed by atoms with E-state index >= 15 is 0 Å². The first kappa shape index (κ1) is 27.4. The topological polar surface area (TPSA) is 93.5 Å². The van der Waals surface area contributed by atoms with Crippen LogP contribution in [0.25, 0.3) is 11.3 Å². The van der Waals surface area contributed by atoms with Crippen LogP contribution in [0.3, 0.4) is 0 Å². The summed E-state index contributed by atoms with van der Waals surface area (Å²) in [6, 6.07) is 32.5. The summed E-state index contributed by atoms with van der Waals surface area (Å²) in [5.74, 6) is 0.463. The molecule has 5 aromatic rings. The number of anilines is 1. The molecule has 2 N–H and O–H groups in total. The van der Waals surface area contributed by atoms with E-state index in [2.05, 4.69) is 5.32 Å². The van der Waals surface area contributed by atoms with Gasteiger partial charge in [0.25, 0.3) is 0 Å². The van der Waals surface area contributed by atoms with Gasteiger partial charge in [-0.3, -0.25) is 4.79 Å². The molecule has 0 amide bonds. The van der Waals surface area contributed by atoms with E-state index in [1.807, 2.05) is 78.5 Å². The van der Waals surface area contributed by atoms with Gasteiger partial charge in [0.05, 0.1) is 12.3 Å². The summed E-state index contributed by atoms with van der Waals surface area (Å²) >= 11 is 0. The molecule has 7 heteroatoms. The van der Waals surface area contributed by atoms with Crippen LogP contribution in [0.4, 0.5) is 5.69 Å². The number of nitrogens with zero attached hydrogens (tertiary/aromatic N) is 2. The Labute approximate surface area is 239 Å². The summed E-state index contributed by atoms with van der Waals surface area (Å²) in [4.78, 5) is 30.0. The molecule has 1 unspecified atom stereocenters. The van der Waals surface area contributed by atoms with Crippen LogP contribution < -0.4 is 10.1 Å². The number of aromatic nitrogens is 2. The van der Waals surface area contributed by atoms with Gasteiger partial charge in [0.2, 0.25) is 0 Å². The van der Waals surface area contributed by atoms with Crippen LogP contribution in [0.15, 0.2) is 115 Å². The number of carbonyl (C=O) groups is 2. The molecule has 1 heterocycles. The lowest BCUT2D eigenvalue weighted by molar-refractivity contribution is -0.137. The van der Waals surface area contributed by atoms with Crippen molar-refractivity contribution in [2.24, 2.45) is 7.05 Å². The second-order valence-corrected chi connectivity index (χ2v) is 9.74. The lowest BCUT2D eigenvalue weighted by Crippen LogP contribution is -2.32. The number of nitrogens with one attached hydrogen (secondary N) is 1. The Kier molecular flexibility index (Phi) is 8.55. The zero-order valence-corrected chi connectivity index (χ0v) is 22.7. The minimum atomic E-state index is -1.00. The van der Waals surface area contributed by atoms with Gasteiger partial charge in [-0.05, 0) is 29.8 Å². The standard InChI is InChI=1S/C34H31N3O4/c1-37-23-31(25-10-4-2-5-11-25)36-32(37)20-21-41-27-18-16-24(17-19-27)22-30(34(39)40)35-29-15-9-8-14-28(29)33(38)26-12-6-3-7-13-26/h2-19,23,30,35H,20-22H2,1H3,(H,39,40). The van der Waals surface area contributed by atoms with Crippen molar-refractivity contribution < 1.29 is 19.4 Å². The number of carboxylic acid groups (broad SMARTS) is 1. The van der Waals surface area contributed by atoms with Crippen molar-refractivity contribution in [3.05, 3.63) is 138 Å². The molecule has 206 valence electrons. The lowest BCUT2D eigenvalue weighted by atomic mass is 10.00. The number of imidazole rings is 1. The Balaban J connectivity index is 1.19. The van der Waals surface area contributed by atoms with Crippen LogP contribution in [0, 0.1) is 0 Å². The molecular weight excluding hydrogens is 514 g/mol. The molecule has 1 atom stereocenters. The van der Waals surface area contributed by atoms with E-state index in [1.54, 1.807) is 48.5 Å². The molecule has 0 saturated heterocycles. The van der Waals surface area contributed by atoms with Gasteiger partial charge in [-0.1, -0.05) is 84.9 Å². The molecule has 0 saturated carbocycles. The third-order valence-corrected chi connectivity index (χ3v) is 6.84. The number of carboxylic acids is 1. The van der Waals surface area contributed by atoms with Crippen molar-refractivity contribution in [1.29, 1.82) is 0 Å². The molecular formula is C34H31N3O4. The fourth-order valence-electron chi connectivity index (χ4n) is 4.64. The van der Waals surface area contributed by atoms with E-state index in [0.29, 0.717) is 35.6 Å². The molecule has 0 spiro atoms. The number of carbonyl (C=O) groups excluding carboxylic acids is 1. The van der Waals surface area contributed by atoms with Gasteiger partial charge in [0.1, 0.15) is 17.6 Å². The number of hydrogen-bond acceptors (Lipinski definition) is 5. The van der Waals surface area contributed by atoms with E-state index in [-0.39, 0.29) is 12.2 Å². The summed E-state index contributed by atoms with van der Waals surface area (Å²) in [7, 11) is 1.98.